The topological polar surface area (TPSA) is 49.7 Å². The van der Waals surface area contributed by atoms with E-state index in [9.17, 15) is 5.11 Å². The maximum atomic E-state index is 9.23. The quantitative estimate of drug-likeness (QED) is 0.615. The molecule has 5 heteroatoms. The van der Waals surface area contributed by atoms with Crippen molar-refractivity contribution in [1.82, 2.24) is 0 Å². The van der Waals surface area contributed by atoms with Gasteiger partial charge in [-0.15, -0.1) is 0 Å². The van der Waals surface area contributed by atoms with Gasteiger partial charge in [0.15, 0.2) is 0 Å². The van der Waals surface area contributed by atoms with E-state index >= 15 is 0 Å². The van der Waals surface area contributed by atoms with E-state index in [0.717, 1.165) is 10.4 Å². The Morgan fingerprint density at radius 3 is 2.64 bits per heavy atom. The number of hydrogen-bond donors (Lipinski definition) is 2. The number of halogens is 1. The van der Waals surface area contributed by atoms with Gasteiger partial charge in [0, 0.05) is 0 Å². The van der Waals surface area contributed by atoms with Crippen LogP contribution in [0, 0.1) is 17.8 Å². The molecule has 80 valence electrons. The fourth-order valence-electron chi connectivity index (χ4n) is 2.10. The van der Waals surface area contributed by atoms with Gasteiger partial charge >= 0.3 is 101 Å². The Kier molecular flexibility index (Phi) is 6.24. The SMILES string of the molecule is CO[C@H]([C@@H](CO)[CH2][Hg][Cl])[C@H]1C[C@@H]1CO. The first-order chi connectivity index (χ1) is 6.78. The van der Waals surface area contributed by atoms with Gasteiger partial charge < -0.3 is 0 Å². The number of methoxy groups -OCH3 is 1. The molecule has 4 atom stereocenters. The third-order valence-corrected chi connectivity index (χ3v) is 8.73. The summed E-state index contributed by atoms with van der Waals surface area (Å²) in [5.41, 5.74) is 0. The van der Waals surface area contributed by atoms with Crippen LogP contribution in [0.3, 0.4) is 0 Å². The van der Waals surface area contributed by atoms with Crippen molar-refractivity contribution in [3.05, 3.63) is 0 Å². The molecule has 2 N–H and O–H groups in total. The number of rotatable bonds is 7. The zero-order valence-corrected chi connectivity index (χ0v) is 14.8. The van der Waals surface area contributed by atoms with Crippen LogP contribution in [-0.2, 0) is 28.1 Å². The zero-order chi connectivity index (χ0) is 10.6. The standard InChI is InChI=1S/C9H17O3.ClH.Hg/c1-6(4-10)9(12-2)8-3-7(8)5-11;;/h6-11H,1,3-5H2,2H3;1H;/q;;+1/p-1/t6-,7-,8+,9-;;/m1../s1. The molecule has 0 amide bonds. The van der Waals surface area contributed by atoms with E-state index in [1.165, 1.54) is 0 Å². The molecule has 0 aliphatic heterocycles. The van der Waals surface area contributed by atoms with Gasteiger partial charge in [0.05, 0.1) is 0 Å². The summed E-state index contributed by atoms with van der Waals surface area (Å²) in [5.74, 6) is 1.04. The number of aliphatic hydroxyl groups excluding tert-OH is 2. The molecule has 0 bridgehead atoms. The molecule has 0 saturated heterocycles. The van der Waals surface area contributed by atoms with Crippen LogP contribution in [0.5, 0.6) is 0 Å². The summed E-state index contributed by atoms with van der Waals surface area (Å²) in [7, 11) is 7.56. The zero-order valence-electron chi connectivity index (χ0n) is 8.53. The van der Waals surface area contributed by atoms with E-state index in [0.29, 0.717) is 11.8 Å². The number of aliphatic hydroxyl groups is 2. The van der Waals surface area contributed by atoms with Crippen molar-refractivity contribution in [2.75, 3.05) is 20.3 Å². The Balaban J connectivity index is 2.43. The molecule has 1 fully saturated rings. The van der Waals surface area contributed by atoms with E-state index in [-0.39, 0.29) is 25.2 Å². The van der Waals surface area contributed by atoms with Crippen molar-refractivity contribution in [1.29, 1.82) is 0 Å². The molecular weight excluding hydrogens is 392 g/mol. The van der Waals surface area contributed by atoms with Crippen molar-refractivity contribution < 1.29 is 38.3 Å². The molecular formula is C9H17ClHgO3. The normalized spacial score (nSPS) is 29.4. The van der Waals surface area contributed by atoms with Gasteiger partial charge in [0.2, 0.25) is 0 Å². The number of hydrogen-bond acceptors (Lipinski definition) is 3. The minimum atomic E-state index is -1.21. The monoisotopic (exact) mass is 410 g/mol. The summed E-state index contributed by atoms with van der Waals surface area (Å²) in [6.07, 6.45) is 1.14. The first kappa shape index (κ1) is 13.2. The average molecular weight is 409 g/mol. The van der Waals surface area contributed by atoms with Gasteiger partial charge in [-0.2, -0.15) is 0 Å². The summed E-state index contributed by atoms with van der Waals surface area (Å²) in [5, 5.41) is 18.2. The van der Waals surface area contributed by atoms with Crippen molar-refractivity contribution in [3.8, 4) is 0 Å². The minimum absolute atomic E-state index is 0.107. The second-order valence-corrected chi connectivity index (χ2v) is 11.0. The van der Waals surface area contributed by atoms with Gasteiger partial charge in [0.25, 0.3) is 0 Å². The second kappa shape index (κ2) is 6.64. The third kappa shape index (κ3) is 3.30. The summed E-state index contributed by atoms with van der Waals surface area (Å²) in [6.45, 7) is 0.410. The molecule has 0 aromatic rings. The molecule has 0 aromatic heterocycles. The summed E-state index contributed by atoms with van der Waals surface area (Å²) >= 11 is -1.21. The first-order valence-electron chi connectivity index (χ1n) is 5.08. The average Bonchev–Trinajstić information content (AvgIpc) is 2.97. The summed E-state index contributed by atoms with van der Waals surface area (Å²) in [4.78, 5) is 0. The van der Waals surface area contributed by atoms with Crippen LogP contribution in [0.1, 0.15) is 6.42 Å². The molecule has 0 radical (unpaired) electrons. The van der Waals surface area contributed by atoms with Crippen LogP contribution in [0.15, 0.2) is 0 Å². The predicted molar refractivity (Wildman–Crippen MR) is 50.7 cm³/mol. The molecule has 0 unspecified atom stereocenters. The molecule has 3 nitrogen and oxygen atoms in total. The molecule has 1 saturated carbocycles. The fraction of sp³-hybridized carbons (Fsp3) is 1.00. The fourth-order valence-corrected chi connectivity index (χ4v) is 7.64. The Bertz CT molecular complexity index is 170. The van der Waals surface area contributed by atoms with E-state index in [2.05, 4.69) is 0 Å². The van der Waals surface area contributed by atoms with E-state index in [1.54, 1.807) is 7.11 Å². The van der Waals surface area contributed by atoms with Crippen LogP contribution in [0.25, 0.3) is 0 Å². The molecule has 0 heterocycles. The van der Waals surface area contributed by atoms with E-state index in [1.807, 2.05) is 0 Å². The van der Waals surface area contributed by atoms with Crippen LogP contribution in [0.4, 0.5) is 0 Å². The third-order valence-electron chi connectivity index (χ3n) is 3.08. The van der Waals surface area contributed by atoms with Crippen molar-refractivity contribution in [3.63, 3.8) is 0 Å². The van der Waals surface area contributed by atoms with Gasteiger partial charge in [-0.3, -0.25) is 0 Å². The maximum absolute atomic E-state index is 9.23. The van der Waals surface area contributed by atoms with Crippen LogP contribution in [0.2, 0.25) is 3.93 Å². The van der Waals surface area contributed by atoms with Gasteiger partial charge in [-0.1, -0.05) is 0 Å². The van der Waals surface area contributed by atoms with Gasteiger partial charge in [-0.05, 0) is 0 Å². The Morgan fingerprint density at radius 2 is 2.29 bits per heavy atom. The molecule has 1 aliphatic rings. The van der Waals surface area contributed by atoms with Crippen molar-refractivity contribution in [2.24, 2.45) is 17.8 Å². The summed E-state index contributed by atoms with van der Waals surface area (Å²) < 4.78 is 6.41. The van der Waals surface area contributed by atoms with Crippen molar-refractivity contribution in [2.45, 2.75) is 16.5 Å². The molecule has 0 spiro atoms. The van der Waals surface area contributed by atoms with Gasteiger partial charge in [-0.25, -0.2) is 0 Å². The van der Waals surface area contributed by atoms with E-state index in [4.69, 9.17) is 18.1 Å². The number of ether oxygens (including phenoxy) is 1. The predicted octanol–water partition coefficient (Wildman–Crippen LogP) is 0.893. The summed E-state index contributed by atoms with van der Waals surface area (Å²) in [6, 6.07) is 0. The van der Waals surface area contributed by atoms with E-state index < -0.39 is 23.3 Å². The molecule has 0 aromatic carbocycles. The van der Waals surface area contributed by atoms with Gasteiger partial charge in [0.1, 0.15) is 0 Å². The van der Waals surface area contributed by atoms with Crippen LogP contribution >= 0.6 is 8.25 Å². The Morgan fingerprint density at radius 1 is 1.57 bits per heavy atom. The van der Waals surface area contributed by atoms with Crippen LogP contribution in [-0.4, -0.2) is 36.6 Å². The first-order valence-corrected chi connectivity index (χ1v) is 15.7. The molecule has 14 heavy (non-hydrogen) atoms. The Hall–Kier alpha value is 1.11. The Labute approximate surface area is 101 Å². The van der Waals surface area contributed by atoms with Crippen molar-refractivity contribution >= 4 is 8.25 Å². The van der Waals surface area contributed by atoms with Crippen LogP contribution < -0.4 is 0 Å². The molecule has 1 rings (SSSR count). The molecule has 1 aliphatic carbocycles. The second-order valence-electron chi connectivity index (χ2n) is 3.96.